The Morgan fingerprint density at radius 2 is 1.55 bits per heavy atom. The molecule has 1 N–H and O–H groups in total. The largest absolute Gasteiger partial charge is 0.481 e. The first-order chi connectivity index (χ1) is 15.1. The first kappa shape index (κ1) is 20.7. The fourth-order valence-electron chi connectivity index (χ4n) is 3.69. The molecule has 4 rings (SSSR count). The van der Waals surface area contributed by atoms with Gasteiger partial charge in [0.2, 0.25) is 0 Å². The van der Waals surface area contributed by atoms with Crippen LogP contribution in [0.2, 0.25) is 0 Å². The van der Waals surface area contributed by atoms with Crippen LogP contribution < -0.4 is 10.1 Å². The molecule has 5 nitrogen and oxygen atoms in total. The molecular weight excluding hydrogens is 388 g/mol. The number of hydrogen-bond acceptors (Lipinski definition) is 3. The highest BCUT2D eigenvalue weighted by atomic mass is 16.5. The fraction of sp³-hybridized carbons (Fsp3) is 0.231. The van der Waals surface area contributed by atoms with Crippen molar-refractivity contribution < 1.29 is 14.3 Å². The lowest BCUT2D eigenvalue weighted by atomic mass is 10.1. The minimum atomic E-state index is -0.680. The summed E-state index contributed by atoms with van der Waals surface area (Å²) in [5.74, 6) is 0.370. The molecular formula is C26H26N2O3. The van der Waals surface area contributed by atoms with Crippen molar-refractivity contribution in [3.05, 3.63) is 84.4 Å². The lowest BCUT2D eigenvalue weighted by Crippen LogP contribution is -2.30. The van der Waals surface area contributed by atoms with Crippen LogP contribution in [0.15, 0.2) is 78.9 Å². The summed E-state index contributed by atoms with van der Waals surface area (Å²) in [6, 6.07) is 24.8. The molecule has 1 aliphatic rings. The van der Waals surface area contributed by atoms with E-state index in [0.29, 0.717) is 17.0 Å². The second-order valence-corrected chi connectivity index (χ2v) is 7.72. The van der Waals surface area contributed by atoms with Gasteiger partial charge in [0.25, 0.3) is 11.8 Å². The summed E-state index contributed by atoms with van der Waals surface area (Å²) in [7, 11) is 0. The summed E-state index contributed by atoms with van der Waals surface area (Å²) in [6.45, 7) is 3.30. The molecule has 3 aromatic rings. The van der Waals surface area contributed by atoms with Crippen molar-refractivity contribution in [2.45, 2.75) is 25.9 Å². The molecule has 158 valence electrons. The second kappa shape index (κ2) is 9.47. The van der Waals surface area contributed by atoms with Gasteiger partial charge in [-0.25, -0.2) is 0 Å². The molecule has 3 aromatic carbocycles. The van der Waals surface area contributed by atoms with E-state index < -0.39 is 6.10 Å². The maximum absolute atomic E-state index is 12.6. The van der Waals surface area contributed by atoms with Crippen LogP contribution in [0.3, 0.4) is 0 Å². The minimum absolute atomic E-state index is 0.0106. The summed E-state index contributed by atoms with van der Waals surface area (Å²) in [4.78, 5) is 27.0. The summed E-state index contributed by atoms with van der Waals surface area (Å²) in [5.41, 5.74) is 3.39. The molecule has 1 unspecified atom stereocenters. The Balaban J connectivity index is 1.36. The van der Waals surface area contributed by atoms with E-state index >= 15 is 0 Å². The summed E-state index contributed by atoms with van der Waals surface area (Å²) in [5, 5.41) is 2.85. The SMILES string of the molecule is CC(Oc1ccc(-c2ccccc2)cc1)C(=O)Nc1cccc(C(=O)N2CCCC2)c1. The first-order valence-electron chi connectivity index (χ1n) is 10.6. The Morgan fingerprint density at radius 1 is 0.871 bits per heavy atom. The zero-order chi connectivity index (χ0) is 21.6. The third-order valence-corrected chi connectivity index (χ3v) is 5.41. The van der Waals surface area contributed by atoms with Crippen LogP contribution in [0.5, 0.6) is 5.75 Å². The maximum Gasteiger partial charge on any atom is 0.265 e. The molecule has 0 aliphatic carbocycles. The van der Waals surface area contributed by atoms with Gasteiger partial charge >= 0.3 is 0 Å². The van der Waals surface area contributed by atoms with Crippen molar-refractivity contribution in [2.24, 2.45) is 0 Å². The van der Waals surface area contributed by atoms with E-state index in [-0.39, 0.29) is 11.8 Å². The Kier molecular flexibility index (Phi) is 6.32. The van der Waals surface area contributed by atoms with Gasteiger partial charge in [-0.3, -0.25) is 9.59 Å². The Labute approximate surface area is 182 Å². The number of nitrogens with one attached hydrogen (secondary N) is 1. The summed E-state index contributed by atoms with van der Waals surface area (Å²) in [6.07, 6.45) is 1.41. The molecule has 31 heavy (non-hydrogen) atoms. The van der Waals surface area contributed by atoms with Gasteiger partial charge in [-0.15, -0.1) is 0 Å². The average Bonchev–Trinajstić information content (AvgIpc) is 3.35. The zero-order valence-electron chi connectivity index (χ0n) is 17.6. The van der Waals surface area contributed by atoms with E-state index in [1.165, 1.54) is 0 Å². The number of carbonyl (C=O) groups is 2. The Morgan fingerprint density at radius 3 is 2.26 bits per heavy atom. The number of rotatable bonds is 6. The predicted molar refractivity (Wildman–Crippen MR) is 122 cm³/mol. The molecule has 0 bridgehead atoms. The monoisotopic (exact) mass is 414 g/mol. The molecule has 1 aliphatic heterocycles. The number of hydrogen-bond donors (Lipinski definition) is 1. The highest BCUT2D eigenvalue weighted by molar-refractivity contribution is 5.98. The molecule has 1 atom stereocenters. The lowest BCUT2D eigenvalue weighted by molar-refractivity contribution is -0.122. The molecule has 0 spiro atoms. The molecule has 5 heteroatoms. The van der Waals surface area contributed by atoms with Crippen molar-refractivity contribution in [1.29, 1.82) is 0 Å². The third-order valence-electron chi connectivity index (χ3n) is 5.41. The van der Waals surface area contributed by atoms with Crippen LogP contribution in [0.25, 0.3) is 11.1 Å². The van der Waals surface area contributed by atoms with Gasteiger partial charge in [-0.05, 0) is 61.2 Å². The zero-order valence-corrected chi connectivity index (χ0v) is 17.6. The number of likely N-dealkylation sites (tertiary alicyclic amines) is 1. The minimum Gasteiger partial charge on any atom is -0.481 e. The van der Waals surface area contributed by atoms with E-state index in [9.17, 15) is 9.59 Å². The fourth-order valence-corrected chi connectivity index (χ4v) is 3.69. The quantitative estimate of drug-likeness (QED) is 0.618. The lowest BCUT2D eigenvalue weighted by Gasteiger charge is -2.17. The average molecular weight is 415 g/mol. The number of carbonyl (C=O) groups excluding carboxylic acids is 2. The molecule has 1 saturated heterocycles. The Hall–Kier alpha value is -3.60. The molecule has 0 saturated carbocycles. The first-order valence-corrected chi connectivity index (χ1v) is 10.6. The van der Waals surface area contributed by atoms with E-state index in [2.05, 4.69) is 17.4 Å². The van der Waals surface area contributed by atoms with Gasteiger partial charge in [-0.2, -0.15) is 0 Å². The summed E-state index contributed by atoms with van der Waals surface area (Å²) < 4.78 is 5.81. The highest BCUT2D eigenvalue weighted by Gasteiger charge is 2.20. The van der Waals surface area contributed by atoms with E-state index in [1.807, 2.05) is 47.4 Å². The van der Waals surface area contributed by atoms with Crippen LogP contribution in [-0.2, 0) is 4.79 Å². The third kappa shape index (κ3) is 5.12. The second-order valence-electron chi connectivity index (χ2n) is 7.72. The van der Waals surface area contributed by atoms with Crippen molar-refractivity contribution >= 4 is 17.5 Å². The van der Waals surface area contributed by atoms with Crippen LogP contribution in [0, 0.1) is 0 Å². The normalized spacial score (nSPS) is 14.2. The van der Waals surface area contributed by atoms with Crippen LogP contribution >= 0.6 is 0 Å². The van der Waals surface area contributed by atoms with Crippen LogP contribution in [-0.4, -0.2) is 35.9 Å². The number of benzene rings is 3. The van der Waals surface area contributed by atoms with E-state index in [0.717, 1.165) is 37.1 Å². The van der Waals surface area contributed by atoms with Crippen molar-refractivity contribution in [3.63, 3.8) is 0 Å². The van der Waals surface area contributed by atoms with Gasteiger partial charge in [0.1, 0.15) is 5.75 Å². The van der Waals surface area contributed by atoms with Crippen LogP contribution in [0.4, 0.5) is 5.69 Å². The number of amides is 2. The highest BCUT2D eigenvalue weighted by Crippen LogP contribution is 2.23. The smallest absolute Gasteiger partial charge is 0.265 e. The predicted octanol–water partition coefficient (Wildman–Crippen LogP) is 5.00. The molecule has 2 amide bonds. The molecule has 0 aromatic heterocycles. The van der Waals surface area contributed by atoms with Gasteiger partial charge < -0.3 is 15.0 Å². The van der Waals surface area contributed by atoms with Crippen molar-refractivity contribution in [3.8, 4) is 16.9 Å². The van der Waals surface area contributed by atoms with E-state index in [1.54, 1.807) is 31.2 Å². The van der Waals surface area contributed by atoms with E-state index in [4.69, 9.17) is 4.74 Å². The Bertz CT molecular complexity index is 1040. The van der Waals surface area contributed by atoms with Crippen LogP contribution in [0.1, 0.15) is 30.1 Å². The van der Waals surface area contributed by atoms with Crippen molar-refractivity contribution in [2.75, 3.05) is 18.4 Å². The topological polar surface area (TPSA) is 58.6 Å². The maximum atomic E-state index is 12.6. The number of ether oxygens (including phenoxy) is 1. The molecule has 0 radical (unpaired) electrons. The van der Waals surface area contributed by atoms with Gasteiger partial charge in [0.15, 0.2) is 6.10 Å². The summed E-state index contributed by atoms with van der Waals surface area (Å²) >= 11 is 0. The standard InChI is InChI=1S/C26H26N2O3/c1-19(31-24-14-12-21(13-15-24)20-8-3-2-4-9-20)25(29)27-23-11-7-10-22(18-23)26(30)28-16-5-6-17-28/h2-4,7-15,18-19H,5-6,16-17H2,1H3,(H,27,29). The van der Waals surface area contributed by atoms with Crippen molar-refractivity contribution in [1.82, 2.24) is 4.90 Å². The number of nitrogens with zero attached hydrogens (tertiary/aromatic N) is 1. The van der Waals surface area contributed by atoms with Gasteiger partial charge in [0, 0.05) is 24.3 Å². The van der Waals surface area contributed by atoms with Gasteiger partial charge in [0.05, 0.1) is 0 Å². The molecule has 1 heterocycles. The molecule has 1 fully saturated rings. The van der Waals surface area contributed by atoms with Gasteiger partial charge in [-0.1, -0.05) is 48.5 Å². The number of anilines is 1.